The molecule has 3 nitrogen and oxygen atoms in total. The van der Waals surface area contributed by atoms with E-state index in [4.69, 9.17) is 21.1 Å². The molecular weight excluding hydrogens is 358 g/mol. The van der Waals surface area contributed by atoms with Crippen LogP contribution in [0.25, 0.3) is 0 Å². The molecule has 3 aliphatic rings. The zero-order chi connectivity index (χ0) is 18.2. The highest BCUT2D eigenvalue weighted by Gasteiger charge is 2.44. The molecule has 2 heterocycles. The topological polar surface area (TPSA) is 30.5 Å². The number of rotatable bonds is 3. The minimum atomic E-state index is 0.196. The van der Waals surface area contributed by atoms with Crippen molar-refractivity contribution in [2.75, 3.05) is 11.9 Å². The summed E-state index contributed by atoms with van der Waals surface area (Å²) in [5.41, 5.74) is 2.47. The van der Waals surface area contributed by atoms with Crippen LogP contribution in [0, 0.1) is 11.8 Å². The van der Waals surface area contributed by atoms with Crippen LogP contribution in [0.5, 0.6) is 11.5 Å². The highest BCUT2D eigenvalue weighted by Crippen LogP contribution is 2.49. The van der Waals surface area contributed by atoms with E-state index in [1.54, 1.807) is 0 Å². The molecule has 1 saturated carbocycles. The van der Waals surface area contributed by atoms with Gasteiger partial charge < -0.3 is 14.8 Å². The van der Waals surface area contributed by atoms with E-state index in [2.05, 4.69) is 17.4 Å². The second-order valence-electron chi connectivity index (χ2n) is 8.12. The molecule has 0 aromatic heterocycles. The Morgan fingerprint density at radius 2 is 1.70 bits per heavy atom. The van der Waals surface area contributed by atoms with Crippen LogP contribution >= 0.6 is 11.6 Å². The maximum absolute atomic E-state index is 6.21. The zero-order valence-electron chi connectivity index (χ0n) is 15.5. The van der Waals surface area contributed by atoms with Gasteiger partial charge in [-0.05, 0) is 67.6 Å². The molecule has 0 spiro atoms. The highest BCUT2D eigenvalue weighted by molar-refractivity contribution is 6.30. The fourth-order valence-electron chi connectivity index (χ4n) is 5.15. The SMILES string of the molecule is Clc1ccc(Oc2ccc3c(c2)[C@H]2OCC[C@H]2[C@@H](C2CCCCC2)N3)cc1. The smallest absolute Gasteiger partial charge is 0.127 e. The van der Waals surface area contributed by atoms with Crippen molar-refractivity contribution in [1.82, 2.24) is 0 Å². The second-order valence-corrected chi connectivity index (χ2v) is 8.55. The second kappa shape index (κ2) is 7.37. The van der Waals surface area contributed by atoms with E-state index in [9.17, 15) is 0 Å². The molecule has 0 amide bonds. The molecule has 2 fully saturated rings. The van der Waals surface area contributed by atoms with Gasteiger partial charge in [-0.15, -0.1) is 0 Å². The average Bonchev–Trinajstić information content (AvgIpc) is 3.20. The summed E-state index contributed by atoms with van der Waals surface area (Å²) >= 11 is 5.97. The quantitative estimate of drug-likeness (QED) is 0.648. The van der Waals surface area contributed by atoms with Gasteiger partial charge in [0.05, 0.1) is 6.10 Å². The van der Waals surface area contributed by atoms with Crippen molar-refractivity contribution in [3.8, 4) is 11.5 Å². The summed E-state index contributed by atoms with van der Waals surface area (Å²) < 4.78 is 12.3. The fourth-order valence-corrected chi connectivity index (χ4v) is 5.28. The van der Waals surface area contributed by atoms with Crippen LogP contribution < -0.4 is 10.1 Å². The molecule has 0 bridgehead atoms. The zero-order valence-corrected chi connectivity index (χ0v) is 16.3. The van der Waals surface area contributed by atoms with Crippen LogP contribution in [0.3, 0.4) is 0 Å². The van der Waals surface area contributed by atoms with Crippen LogP contribution in [-0.2, 0) is 4.74 Å². The Labute approximate surface area is 166 Å². The first-order valence-corrected chi connectivity index (χ1v) is 10.6. The number of hydrogen-bond donors (Lipinski definition) is 1. The Morgan fingerprint density at radius 3 is 2.52 bits per heavy atom. The molecule has 1 aliphatic carbocycles. The maximum Gasteiger partial charge on any atom is 0.127 e. The normalized spacial score (nSPS) is 27.5. The molecule has 1 saturated heterocycles. The molecule has 0 unspecified atom stereocenters. The van der Waals surface area contributed by atoms with Crippen LogP contribution in [0.1, 0.15) is 50.2 Å². The third kappa shape index (κ3) is 3.43. The van der Waals surface area contributed by atoms with Crippen molar-refractivity contribution >= 4 is 17.3 Å². The maximum atomic E-state index is 6.21. The lowest BCUT2D eigenvalue weighted by Crippen LogP contribution is -2.42. The fraction of sp³-hybridized carbons (Fsp3) is 0.478. The van der Waals surface area contributed by atoms with Crippen molar-refractivity contribution < 1.29 is 9.47 Å². The van der Waals surface area contributed by atoms with Gasteiger partial charge in [-0.2, -0.15) is 0 Å². The van der Waals surface area contributed by atoms with Crippen LogP contribution in [0.4, 0.5) is 5.69 Å². The molecule has 0 radical (unpaired) electrons. The van der Waals surface area contributed by atoms with E-state index in [-0.39, 0.29) is 6.10 Å². The molecule has 2 aromatic carbocycles. The van der Waals surface area contributed by atoms with Gasteiger partial charge in [0.25, 0.3) is 0 Å². The van der Waals surface area contributed by atoms with Crippen molar-refractivity contribution in [2.45, 2.75) is 50.7 Å². The van der Waals surface area contributed by atoms with Gasteiger partial charge in [0.2, 0.25) is 0 Å². The summed E-state index contributed by atoms with van der Waals surface area (Å²) in [4.78, 5) is 0. The average molecular weight is 384 g/mol. The lowest BCUT2D eigenvalue weighted by molar-refractivity contribution is 0.0730. The summed E-state index contributed by atoms with van der Waals surface area (Å²) in [6.07, 6.45) is 8.21. The van der Waals surface area contributed by atoms with E-state index < -0.39 is 0 Å². The Hall–Kier alpha value is -1.71. The van der Waals surface area contributed by atoms with Crippen LogP contribution in [0.15, 0.2) is 42.5 Å². The van der Waals surface area contributed by atoms with E-state index in [0.29, 0.717) is 17.0 Å². The molecule has 2 aromatic rings. The molecule has 1 N–H and O–H groups in total. The highest BCUT2D eigenvalue weighted by atomic mass is 35.5. The summed E-state index contributed by atoms with van der Waals surface area (Å²) in [6, 6.07) is 14.4. The Kier molecular flexibility index (Phi) is 4.75. The number of fused-ring (bicyclic) bond motifs is 3. The van der Waals surface area contributed by atoms with Gasteiger partial charge in [0, 0.05) is 34.8 Å². The van der Waals surface area contributed by atoms with Crippen LogP contribution in [0.2, 0.25) is 5.02 Å². The van der Waals surface area contributed by atoms with Gasteiger partial charge in [-0.1, -0.05) is 30.9 Å². The van der Waals surface area contributed by atoms with Crippen molar-refractivity contribution in [2.24, 2.45) is 11.8 Å². The summed E-state index contributed by atoms with van der Waals surface area (Å²) in [5, 5.41) is 4.60. The van der Waals surface area contributed by atoms with E-state index >= 15 is 0 Å². The van der Waals surface area contributed by atoms with Gasteiger partial charge >= 0.3 is 0 Å². The predicted molar refractivity (Wildman–Crippen MR) is 109 cm³/mol. The van der Waals surface area contributed by atoms with E-state index in [1.165, 1.54) is 43.4 Å². The van der Waals surface area contributed by atoms with Gasteiger partial charge in [0.15, 0.2) is 0 Å². The van der Waals surface area contributed by atoms with Gasteiger partial charge in [-0.25, -0.2) is 0 Å². The predicted octanol–water partition coefficient (Wildman–Crippen LogP) is 6.58. The van der Waals surface area contributed by atoms with E-state index in [0.717, 1.165) is 30.4 Å². The largest absolute Gasteiger partial charge is 0.457 e. The Bertz CT molecular complexity index is 801. The standard InChI is InChI=1S/C23H26ClNO2/c24-16-6-8-17(9-7-16)27-18-10-11-21-20(14-18)23-19(12-13-26-23)22(25-21)15-4-2-1-3-5-15/h6-11,14-15,19,22-23,25H,1-5,12-13H2/t19-,22+,23-/m0/s1. The Morgan fingerprint density at radius 1 is 0.926 bits per heavy atom. The summed E-state index contributed by atoms with van der Waals surface area (Å²) in [6.45, 7) is 0.863. The molecule has 2 aliphatic heterocycles. The lowest BCUT2D eigenvalue weighted by Gasteiger charge is -2.42. The number of anilines is 1. The minimum absolute atomic E-state index is 0.196. The number of benzene rings is 2. The molecule has 4 heteroatoms. The minimum Gasteiger partial charge on any atom is -0.457 e. The third-order valence-electron chi connectivity index (χ3n) is 6.46. The molecular formula is C23H26ClNO2. The summed E-state index contributed by atoms with van der Waals surface area (Å²) in [5.74, 6) is 3.01. The Balaban J connectivity index is 1.41. The summed E-state index contributed by atoms with van der Waals surface area (Å²) in [7, 11) is 0. The molecule has 27 heavy (non-hydrogen) atoms. The van der Waals surface area contributed by atoms with E-state index in [1.807, 2.05) is 30.3 Å². The monoisotopic (exact) mass is 383 g/mol. The van der Waals surface area contributed by atoms with Crippen molar-refractivity contribution in [3.05, 3.63) is 53.1 Å². The number of nitrogens with one attached hydrogen (secondary N) is 1. The molecule has 3 atom stereocenters. The number of hydrogen-bond acceptors (Lipinski definition) is 3. The third-order valence-corrected chi connectivity index (χ3v) is 6.71. The first-order chi connectivity index (χ1) is 13.3. The van der Waals surface area contributed by atoms with Gasteiger partial charge in [-0.3, -0.25) is 0 Å². The lowest BCUT2D eigenvalue weighted by atomic mass is 9.73. The first kappa shape index (κ1) is 17.4. The van der Waals surface area contributed by atoms with Crippen LogP contribution in [-0.4, -0.2) is 12.6 Å². The van der Waals surface area contributed by atoms with Gasteiger partial charge in [0.1, 0.15) is 11.5 Å². The first-order valence-electron chi connectivity index (χ1n) is 10.2. The van der Waals surface area contributed by atoms with Crippen molar-refractivity contribution in [3.63, 3.8) is 0 Å². The molecule has 5 rings (SSSR count). The van der Waals surface area contributed by atoms with Crippen molar-refractivity contribution in [1.29, 1.82) is 0 Å². The number of halogens is 1. The molecule has 142 valence electrons. The number of ether oxygens (including phenoxy) is 2.